The van der Waals surface area contributed by atoms with Crippen LogP contribution in [0.3, 0.4) is 0 Å². The van der Waals surface area contributed by atoms with Gasteiger partial charge in [0.2, 0.25) is 17.7 Å². The van der Waals surface area contributed by atoms with E-state index in [1.54, 1.807) is 18.2 Å². The van der Waals surface area contributed by atoms with E-state index in [1.165, 1.54) is 11.1 Å². The number of hydrogen-bond donors (Lipinski definition) is 2. The highest BCUT2D eigenvalue weighted by Gasteiger charge is 2.38. The molecule has 3 aromatic rings. The number of anilines is 4. The number of benzene rings is 2. The topological polar surface area (TPSA) is 96.4 Å². The van der Waals surface area contributed by atoms with Crippen molar-refractivity contribution in [3.63, 3.8) is 0 Å². The Hall–Kier alpha value is -3.36. The van der Waals surface area contributed by atoms with Gasteiger partial charge in [-0.2, -0.15) is 4.98 Å². The third kappa shape index (κ3) is 3.23. The first-order chi connectivity index (χ1) is 15.3. The van der Waals surface area contributed by atoms with E-state index in [-0.39, 0.29) is 35.9 Å². The highest BCUT2D eigenvalue weighted by atomic mass is 35.5. The van der Waals surface area contributed by atoms with Crippen LogP contribution >= 0.6 is 23.2 Å². The maximum atomic E-state index is 13.0. The van der Waals surface area contributed by atoms with Crippen LogP contribution in [-0.2, 0) is 10.2 Å². The molecule has 3 heterocycles. The van der Waals surface area contributed by atoms with Crippen molar-refractivity contribution >= 4 is 58.0 Å². The summed E-state index contributed by atoms with van der Waals surface area (Å²) in [5, 5.41) is 6.64. The summed E-state index contributed by atoms with van der Waals surface area (Å²) in [4.78, 5) is 35.1. The molecule has 0 spiro atoms. The molecule has 0 atom stereocenters. The lowest BCUT2D eigenvalue weighted by atomic mass is 9.86. The number of halogens is 2. The second-order valence-corrected chi connectivity index (χ2v) is 8.77. The first-order valence-corrected chi connectivity index (χ1v) is 10.5. The van der Waals surface area contributed by atoms with E-state index in [0.29, 0.717) is 21.4 Å². The minimum Gasteiger partial charge on any atom is -0.455 e. The fourth-order valence-electron chi connectivity index (χ4n) is 3.73. The summed E-state index contributed by atoms with van der Waals surface area (Å²) in [6, 6.07) is 10.5. The molecule has 0 fully saturated rings. The van der Waals surface area contributed by atoms with Gasteiger partial charge in [0.1, 0.15) is 5.56 Å². The molecule has 0 aliphatic carbocycles. The van der Waals surface area contributed by atoms with Gasteiger partial charge in [-0.05, 0) is 43.7 Å². The Morgan fingerprint density at radius 2 is 1.91 bits per heavy atom. The van der Waals surface area contributed by atoms with Gasteiger partial charge >= 0.3 is 0 Å². The van der Waals surface area contributed by atoms with Crippen LogP contribution < -0.4 is 20.3 Å². The van der Waals surface area contributed by atoms with Crippen LogP contribution in [0.15, 0.2) is 42.6 Å². The van der Waals surface area contributed by atoms with Crippen molar-refractivity contribution in [3.05, 3.63) is 63.8 Å². The molecule has 162 valence electrons. The van der Waals surface area contributed by atoms with Crippen LogP contribution in [0.4, 0.5) is 23.0 Å². The quantitative estimate of drug-likeness (QED) is 0.574. The van der Waals surface area contributed by atoms with E-state index >= 15 is 0 Å². The third-order valence-electron chi connectivity index (χ3n) is 5.53. The van der Waals surface area contributed by atoms with Gasteiger partial charge in [0.25, 0.3) is 5.91 Å². The van der Waals surface area contributed by atoms with E-state index in [9.17, 15) is 9.59 Å². The molecular formula is C22H17Cl2N5O3. The highest BCUT2D eigenvalue weighted by Crippen LogP contribution is 2.39. The SMILES string of the molecule is CC1(C)C(=O)Nc2cc(Nc3ncc4c(n3)OCN(c3c(Cl)cccc3Cl)C4=O)ccc21. The monoisotopic (exact) mass is 469 g/mol. The van der Waals surface area contributed by atoms with Crippen LogP contribution in [0.1, 0.15) is 29.8 Å². The van der Waals surface area contributed by atoms with Crippen molar-refractivity contribution in [1.29, 1.82) is 0 Å². The van der Waals surface area contributed by atoms with E-state index < -0.39 is 5.41 Å². The molecule has 5 rings (SSSR count). The predicted molar refractivity (Wildman–Crippen MR) is 122 cm³/mol. The van der Waals surface area contributed by atoms with Crippen molar-refractivity contribution in [1.82, 2.24) is 9.97 Å². The van der Waals surface area contributed by atoms with Crippen LogP contribution in [0, 0.1) is 0 Å². The Kier molecular flexibility index (Phi) is 4.72. The smallest absolute Gasteiger partial charge is 0.268 e. The van der Waals surface area contributed by atoms with Gasteiger partial charge in [-0.15, -0.1) is 0 Å². The van der Waals surface area contributed by atoms with Gasteiger partial charge in [-0.3, -0.25) is 14.5 Å². The van der Waals surface area contributed by atoms with E-state index in [0.717, 1.165) is 11.3 Å². The van der Waals surface area contributed by atoms with Crippen LogP contribution in [0.5, 0.6) is 5.88 Å². The van der Waals surface area contributed by atoms with Crippen LogP contribution in [-0.4, -0.2) is 28.5 Å². The number of carbonyl (C=O) groups is 2. The van der Waals surface area contributed by atoms with E-state index in [2.05, 4.69) is 20.6 Å². The summed E-state index contributed by atoms with van der Waals surface area (Å²) < 4.78 is 5.70. The van der Waals surface area contributed by atoms with Gasteiger partial charge in [0.15, 0.2) is 6.73 Å². The Bertz CT molecular complexity index is 1270. The number of carbonyl (C=O) groups excluding carboxylic acids is 2. The van der Waals surface area contributed by atoms with Gasteiger partial charge in [-0.25, -0.2) is 4.98 Å². The lowest BCUT2D eigenvalue weighted by Crippen LogP contribution is -2.39. The Labute approximate surface area is 193 Å². The number of amides is 2. The molecule has 2 aliphatic rings. The molecule has 8 nitrogen and oxygen atoms in total. The fraction of sp³-hybridized carbons (Fsp3) is 0.182. The number of hydrogen-bond acceptors (Lipinski definition) is 6. The molecule has 0 unspecified atom stereocenters. The summed E-state index contributed by atoms with van der Waals surface area (Å²) in [5.41, 5.74) is 2.33. The Morgan fingerprint density at radius 3 is 2.66 bits per heavy atom. The minimum atomic E-state index is -0.583. The number of nitrogens with one attached hydrogen (secondary N) is 2. The number of aromatic nitrogens is 2. The fourth-order valence-corrected chi connectivity index (χ4v) is 4.33. The number of para-hydroxylation sites is 1. The molecule has 2 amide bonds. The minimum absolute atomic E-state index is 0.0511. The van der Waals surface area contributed by atoms with Gasteiger partial charge in [-0.1, -0.05) is 35.3 Å². The lowest BCUT2D eigenvalue weighted by molar-refractivity contribution is -0.119. The Morgan fingerprint density at radius 1 is 1.16 bits per heavy atom. The van der Waals surface area contributed by atoms with Crippen molar-refractivity contribution in [2.75, 3.05) is 22.3 Å². The highest BCUT2D eigenvalue weighted by molar-refractivity contribution is 6.40. The summed E-state index contributed by atoms with van der Waals surface area (Å²) >= 11 is 12.5. The number of nitrogens with zero attached hydrogens (tertiary/aromatic N) is 3. The zero-order chi connectivity index (χ0) is 22.6. The van der Waals surface area contributed by atoms with E-state index in [1.807, 2.05) is 32.0 Å². The normalized spacial score (nSPS) is 16.2. The molecule has 0 radical (unpaired) electrons. The molecule has 0 bridgehead atoms. The zero-order valence-electron chi connectivity index (χ0n) is 17.1. The third-order valence-corrected chi connectivity index (χ3v) is 6.14. The molecule has 0 saturated carbocycles. The summed E-state index contributed by atoms with van der Waals surface area (Å²) in [6.07, 6.45) is 1.39. The standard InChI is InChI=1S/C22H17Cl2N5O3/c1-22(2)13-7-6-11(8-16(13)27-20(22)31)26-21-25-9-12-18(28-21)32-10-29(19(12)30)17-14(23)4-3-5-15(17)24/h3-9H,10H2,1-2H3,(H,27,31)(H,25,26,28). The second kappa shape index (κ2) is 7.36. The maximum absolute atomic E-state index is 13.0. The molecule has 10 heteroatoms. The number of rotatable bonds is 3. The summed E-state index contributed by atoms with van der Waals surface area (Å²) in [7, 11) is 0. The maximum Gasteiger partial charge on any atom is 0.268 e. The summed E-state index contributed by atoms with van der Waals surface area (Å²) in [6.45, 7) is 3.66. The van der Waals surface area contributed by atoms with Gasteiger partial charge < -0.3 is 15.4 Å². The van der Waals surface area contributed by atoms with Gasteiger partial charge in [0.05, 0.1) is 21.1 Å². The molecule has 2 N–H and O–H groups in total. The number of ether oxygens (including phenoxy) is 1. The summed E-state index contributed by atoms with van der Waals surface area (Å²) in [5.74, 6) is -0.00752. The van der Waals surface area contributed by atoms with Crippen LogP contribution in [0.2, 0.25) is 10.0 Å². The number of fused-ring (bicyclic) bond motifs is 2. The average molecular weight is 470 g/mol. The molecule has 0 saturated heterocycles. The second-order valence-electron chi connectivity index (χ2n) is 7.95. The molecular weight excluding hydrogens is 453 g/mol. The molecule has 32 heavy (non-hydrogen) atoms. The molecule has 2 aliphatic heterocycles. The van der Waals surface area contributed by atoms with Crippen molar-refractivity contribution in [3.8, 4) is 5.88 Å². The van der Waals surface area contributed by atoms with Crippen molar-refractivity contribution in [2.45, 2.75) is 19.3 Å². The molecule has 2 aromatic carbocycles. The van der Waals surface area contributed by atoms with E-state index in [4.69, 9.17) is 27.9 Å². The largest absolute Gasteiger partial charge is 0.455 e. The zero-order valence-corrected chi connectivity index (χ0v) is 18.6. The van der Waals surface area contributed by atoms with Crippen LogP contribution in [0.25, 0.3) is 0 Å². The Balaban J connectivity index is 1.40. The first kappa shape index (κ1) is 20.5. The van der Waals surface area contributed by atoms with Gasteiger partial charge in [0, 0.05) is 17.6 Å². The van der Waals surface area contributed by atoms with Crippen molar-refractivity contribution < 1.29 is 14.3 Å². The average Bonchev–Trinajstić information content (AvgIpc) is 2.97. The lowest BCUT2D eigenvalue weighted by Gasteiger charge is -2.29. The molecule has 1 aromatic heterocycles. The predicted octanol–water partition coefficient (Wildman–Crippen LogP) is 4.75. The van der Waals surface area contributed by atoms with Crippen molar-refractivity contribution in [2.24, 2.45) is 0 Å². The first-order valence-electron chi connectivity index (χ1n) is 9.74.